The van der Waals surface area contributed by atoms with Crippen LogP contribution in [0.15, 0.2) is 47.5 Å². The summed E-state index contributed by atoms with van der Waals surface area (Å²) in [5, 5.41) is 2.47. The first-order chi connectivity index (χ1) is 10.9. The predicted octanol–water partition coefficient (Wildman–Crippen LogP) is 3.14. The number of anilines is 1. The molecule has 120 valence electrons. The Bertz CT molecular complexity index is 798. The van der Waals surface area contributed by atoms with Crippen LogP contribution in [0.25, 0.3) is 0 Å². The monoisotopic (exact) mass is 322 g/mol. The van der Waals surface area contributed by atoms with Crippen LogP contribution < -0.4 is 10.7 Å². The Morgan fingerprint density at radius 3 is 2.65 bits per heavy atom. The lowest BCUT2D eigenvalue weighted by molar-refractivity contribution is -0.138. The highest BCUT2D eigenvalue weighted by Gasteiger charge is 2.47. The molecule has 1 fully saturated rings. The number of rotatable bonds is 3. The van der Waals surface area contributed by atoms with Crippen LogP contribution in [0.3, 0.4) is 0 Å². The highest BCUT2D eigenvalue weighted by atomic mass is 19.4. The molecule has 0 spiro atoms. The maximum atomic E-state index is 13.0. The number of pyridine rings is 1. The van der Waals surface area contributed by atoms with Crippen molar-refractivity contribution in [2.45, 2.75) is 18.5 Å². The highest BCUT2D eigenvalue weighted by Crippen LogP contribution is 2.51. The molecule has 0 unspecified atom stereocenters. The van der Waals surface area contributed by atoms with Crippen LogP contribution in [0.1, 0.15) is 23.5 Å². The lowest BCUT2D eigenvalue weighted by Gasteiger charge is -2.12. The fourth-order valence-corrected chi connectivity index (χ4v) is 2.65. The van der Waals surface area contributed by atoms with Gasteiger partial charge in [-0.05, 0) is 24.0 Å². The van der Waals surface area contributed by atoms with Gasteiger partial charge in [-0.2, -0.15) is 13.2 Å². The van der Waals surface area contributed by atoms with Crippen LogP contribution in [0, 0.1) is 5.92 Å². The molecular weight excluding hydrogens is 309 g/mol. The van der Waals surface area contributed by atoms with E-state index in [9.17, 15) is 22.8 Å². The second kappa shape index (κ2) is 5.57. The number of alkyl halides is 3. The molecule has 3 rings (SSSR count). The first kappa shape index (κ1) is 15.3. The zero-order chi connectivity index (χ0) is 16.6. The average Bonchev–Trinajstić information content (AvgIpc) is 3.29. The molecule has 1 aliphatic rings. The van der Waals surface area contributed by atoms with Crippen molar-refractivity contribution in [1.82, 2.24) is 4.98 Å². The second-order valence-electron chi connectivity index (χ2n) is 5.45. The number of H-pyrrole nitrogens is 1. The van der Waals surface area contributed by atoms with Crippen LogP contribution in [-0.2, 0) is 11.0 Å². The molecule has 1 aliphatic carbocycles. The largest absolute Gasteiger partial charge is 0.416 e. The van der Waals surface area contributed by atoms with Gasteiger partial charge in [0.2, 0.25) is 11.3 Å². The molecule has 1 aromatic heterocycles. The fourth-order valence-electron chi connectivity index (χ4n) is 2.65. The number of hydrogen-bond acceptors (Lipinski definition) is 2. The highest BCUT2D eigenvalue weighted by molar-refractivity contribution is 5.95. The summed E-state index contributed by atoms with van der Waals surface area (Å²) >= 11 is 0. The molecule has 23 heavy (non-hydrogen) atoms. The van der Waals surface area contributed by atoms with Crippen molar-refractivity contribution in [2.24, 2.45) is 5.92 Å². The molecule has 2 N–H and O–H groups in total. The number of carbonyl (C=O) groups excluding carboxylic acids is 1. The average molecular weight is 322 g/mol. The third-order valence-electron chi connectivity index (χ3n) is 3.87. The maximum Gasteiger partial charge on any atom is 0.416 e. The third-order valence-corrected chi connectivity index (χ3v) is 3.87. The molecule has 0 saturated heterocycles. The second-order valence-corrected chi connectivity index (χ2v) is 5.45. The summed E-state index contributed by atoms with van der Waals surface area (Å²) in [5.74, 6) is -1.47. The molecule has 1 aromatic carbocycles. The summed E-state index contributed by atoms with van der Waals surface area (Å²) in [4.78, 5) is 26.4. The summed E-state index contributed by atoms with van der Waals surface area (Å²) in [6.45, 7) is 0. The van der Waals surface area contributed by atoms with Crippen LogP contribution in [-0.4, -0.2) is 10.9 Å². The number of amides is 1. The summed E-state index contributed by atoms with van der Waals surface area (Å²) in [5.41, 5.74) is -0.850. The number of carbonyl (C=O) groups is 1. The Hall–Kier alpha value is -2.57. The van der Waals surface area contributed by atoms with E-state index in [2.05, 4.69) is 10.3 Å². The van der Waals surface area contributed by atoms with Gasteiger partial charge in [0.1, 0.15) is 5.69 Å². The van der Waals surface area contributed by atoms with Crippen molar-refractivity contribution < 1.29 is 18.0 Å². The third kappa shape index (κ3) is 3.13. The van der Waals surface area contributed by atoms with Crippen molar-refractivity contribution in [3.05, 3.63) is 64.1 Å². The van der Waals surface area contributed by atoms with Gasteiger partial charge in [0.05, 0.1) is 5.56 Å². The SMILES string of the molecule is O=C(Nc1c[nH]ccc1=O)[C@H]1C[C@@H]1c1ccccc1C(F)(F)F. The summed E-state index contributed by atoms with van der Waals surface area (Å²) in [7, 11) is 0. The molecule has 0 radical (unpaired) electrons. The van der Waals surface area contributed by atoms with E-state index >= 15 is 0 Å². The lowest BCUT2D eigenvalue weighted by Crippen LogP contribution is -2.20. The molecule has 1 saturated carbocycles. The van der Waals surface area contributed by atoms with E-state index < -0.39 is 29.5 Å². The zero-order valence-corrected chi connectivity index (χ0v) is 11.9. The van der Waals surface area contributed by atoms with Crippen LogP contribution >= 0.6 is 0 Å². The smallest absolute Gasteiger partial charge is 0.366 e. The Kier molecular flexibility index (Phi) is 3.71. The van der Waals surface area contributed by atoms with Gasteiger partial charge in [0.15, 0.2) is 0 Å². The van der Waals surface area contributed by atoms with Crippen molar-refractivity contribution in [3.8, 4) is 0 Å². The van der Waals surface area contributed by atoms with Crippen molar-refractivity contribution in [3.63, 3.8) is 0 Å². The Morgan fingerprint density at radius 2 is 1.96 bits per heavy atom. The van der Waals surface area contributed by atoms with Gasteiger partial charge in [0.25, 0.3) is 0 Å². The number of benzene rings is 1. The van der Waals surface area contributed by atoms with Crippen molar-refractivity contribution >= 4 is 11.6 Å². The number of aromatic nitrogens is 1. The minimum atomic E-state index is -4.45. The summed E-state index contributed by atoms with van der Waals surface area (Å²) in [6.07, 6.45) is -1.33. The zero-order valence-electron chi connectivity index (χ0n) is 11.9. The number of hydrogen-bond donors (Lipinski definition) is 2. The molecule has 0 bridgehead atoms. The Balaban J connectivity index is 1.77. The molecule has 0 aliphatic heterocycles. The van der Waals surface area contributed by atoms with E-state index in [0.29, 0.717) is 6.42 Å². The van der Waals surface area contributed by atoms with E-state index in [0.717, 1.165) is 6.07 Å². The minimum Gasteiger partial charge on any atom is -0.366 e. The molecular formula is C16H13F3N2O2. The van der Waals surface area contributed by atoms with E-state index in [1.165, 1.54) is 36.7 Å². The topological polar surface area (TPSA) is 62.0 Å². The van der Waals surface area contributed by atoms with Gasteiger partial charge < -0.3 is 10.3 Å². The Labute approximate surface area is 129 Å². The first-order valence-electron chi connectivity index (χ1n) is 7.02. The number of aromatic amines is 1. The molecule has 7 heteroatoms. The van der Waals surface area contributed by atoms with Crippen LogP contribution in [0.4, 0.5) is 18.9 Å². The van der Waals surface area contributed by atoms with Gasteiger partial charge in [-0.25, -0.2) is 0 Å². The standard InChI is InChI=1S/C16H13F3N2O2/c17-16(18,19)12-4-2-1-3-9(12)10-7-11(10)15(23)21-13-8-20-6-5-14(13)22/h1-6,8,10-11H,7H2,(H,20,22)(H,21,23)/t10-,11+/m1/s1. The molecule has 2 atom stereocenters. The number of nitrogens with one attached hydrogen (secondary N) is 2. The van der Waals surface area contributed by atoms with Crippen LogP contribution in [0.2, 0.25) is 0 Å². The molecule has 1 heterocycles. The normalized spacial score (nSPS) is 20.1. The van der Waals surface area contributed by atoms with E-state index in [4.69, 9.17) is 0 Å². The van der Waals surface area contributed by atoms with Crippen molar-refractivity contribution in [1.29, 1.82) is 0 Å². The van der Waals surface area contributed by atoms with Gasteiger partial charge in [-0.1, -0.05) is 18.2 Å². The molecule has 4 nitrogen and oxygen atoms in total. The summed E-state index contributed by atoms with van der Waals surface area (Å²) < 4.78 is 39.1. The summed E-state index contributed by atoms with van der Waals surface area (Å²) in [6, 6.07) is 6.53. The van der Waals surface area contributed by atoms with Crippen molar-refractivity contribution in [2.75, 3.05) is 5.32 Å². The lowest BCUT2D eigenvalue weighted by atomic mass is 10.0. The van der Waals surface area contributed by atoms with Gasteiger partial charge in [-0.15, -0.1) is 0 Å². The fraction of sp³-hybridized carbons (Fsp3) is 0.250. The quantitative estimate of drug-likeness (QED) is 0.912. The van der Waals surface area contributed by atoms with Gasteiger partial charge in [-0.3, -0.25) is 9.59 Å². The van der Waals surface area contributed by atoms with E-state index in [-0.39, 0.29) is 16.7 Å². The van der Waals surface area contributed by atoms with E-state index in [1.807, 2.05) is 0 Å². The predicted molar refractivity (Wildman–Crippen MR) is 78.0 cm³/mol. The molecule has 1 amide bonds. The van der Waals surface area contributed by atoms with E-state index in [1.54, 1.807) is 0 Å². The Morgan fingerprint density at radius 1 is 1.22 bits per heavy atom. The van der Waals surface area contributed by atoms with Gasteiger partial charge >= 0.3 is 6.18 Å². The maximum absolute atomic E-state index is 13.0. The van der Waals surface area contributed by atoms with Crippen LogP contribution in [0.5, 0.6) is 0 Å². The number of halogens is 3. The first-order valence-corrected chi connectivity index (χ1v) is 7.02. The van der Waals surface area contributed by atoms with Gasteiger partial charge in [0, 0.05) is 24.4 Å². The minimum absolute atomic E-state index is 0.0901. The molecule has 2 aromatic rings.